The number of benzene rings is 1. The van der Waals surface area contributed by atoms with Crippen LogP contribution in [0.3, 0.4) is 0 Å². The number of nitrogens with one attached hydrogen (secondary N) is 1. The molecule has 5 heteroatoms. The van der Waals surface area contributed by atoms with Crippen LogP contribution in [0, 0.1) is 5.92 Å². The van der Waals surface area contributed by atoms with Crippen LogP contribution in [0.1, 0.15) is 23.2 Å². The highest BCUT2D eigenvalue weighted by Crippen LogP contribution is 2.21. The van der Waals surface area contributed by atoms with Gasteiger partial charge in [-0.3, -0.25) is 9.59 Å². The number of piperidine rings is 1. The van der Waals surface area contributed by atoms with Crippen LogP contribution in [0.5, 0.6) is 0 Å². The third-order valence-corrected chi connectivity index (χ3v) is 4.12. The Hall–Kier alpha value is -2.30. The summed E-state index contributed by atoms with van der Waals surface area (Å²) < 4.78 is 4.76. The Kier molecular flexibility index (Phi) is 3.64. The van der Waals surface area contributed by atoms with E-state index in [1.54, 1.807) is 0 Å². The summed E-state index contributed by atoms with van der Waals surface area (Å²) in [7, 11) is 1.41. The van der Waals surface area contributed by atoms with Gasteiger partial charge in [-0.15, -0.1) is 0 Å². The summed E-state index contributed by atoms with van der Waals surface area (Å²) in [6, 6.07) is 7.65. The summed E-state index contributed by atoms with van der Waals surface area (Å²) in [4.78, 5) is 28.9. The molecule has 0 saturated carbocycles. The summed E-state index contributed by atoms with van der Waals surface area (Å²) in [5, 5.41) is 1.09. The molecule has 1 N–H and O–H groups in total. The first kappa shape index (κ1) is 13.7. The number of carbonyl (C=O) groups excluding carboxylic acids is 2. The van der Waals surface area contributed by atoms with Crippen molar-refractivity contribution in [3.05, 3.63) is 36.0 Å². The average molecular weight is 286 g/mol. The minimum absolute atomic E-state index is 0.0230. The Morgan fingerprint density at radius 1 is 1.24 bits per heavy atom. The third kappa shape index (κ3) is 2.63. The molecule has 5 nitrogen and oxygen atoms in total. The Bertz CT molecular complexity index is 669. The smallest absolute Gasteiger partial charge is 0.308 e. The second-order valence-electron chi connectivity index (χ2n) is 5.37. The van der Waals surface area contributed by atoms with Crippen molar-refractivity contribution in [3.8, 4) is 0 Å². The fraction of sp³-hybridized carbons (Fsp3) is 0.375. The van der Waals surface area contributed by atoms with Crippen molar-refractivity contribution in [2.24, 2.45) is 5.92 Å². The molecule has 1 fully saturated rings. The number of aromatic amines is 1. The number of methoxy groups -OCH3 is 1. The lowest BCUT2D eigenvalue weighted by Gasteiger charge is -2.30. The predicted octanol–water partition coefficient (Wildman–Crippen LogP) is 2.19. The van der Waals surface area contributed by atoms with Crippen LogP contribution in [0.2, 0.25) is 0 Å². The number of rotatable bonds is 2. The molecule has 2 heterocycles. The number of carbonyl (C=O) groups is 2. The number of aromatic nitrogens is 1. The fourth-order valence-corrected chi connectivity index (χ4v) is 2.85. The lowest BCUT2D eigenvalue weighted by Crippen LogP contribution is -2.40. The largest absolute Gasteiger partial charge is 0.469 e. The van der Waals surface area contributed by atoms with Crippen molar-refractivity contribution in [3.63, 3.8) is 0 Å². The van der Waals surface area contributed by atoms with Crippen molar-refractivity contribution in [2.75, 3.05) is 20.2 Å². The molecular formula is C16H18N2O3. The van der Waals surface area contributed by atoms with Crippen LogP contribution < -0.4 is 0 Å². The topological polar surface area (TPSA) is 62.4 Å². The van der Waals surface area contributed by atoms with Gasteiger partial charge in [0.15, 0.2) is 0 Å². The van der Waals surface area contributed by atoms with Crippen LogP contribution in [-0.4, -0.2) is 42.0 Å². The minimum Gasteiger partial charge on any atom is -0.469 e. The standard InChI is InChI=1S/C16H18N2O3/c1-21-16(20)12-5-8-18(9-6-12)15(19)13-3-2-11-4-7-17-14(11)10-13/h2-4,7,10,12,17H,5-6,8-9H2,1H3. The molecule has 0 radical (unpaired) electrons. The van der Waals surface area contributed by atoms with Crippen molar-refractivity contribution in [1.82, 2.24) is 9.88 Å². The first-order valence-electron chi connectivity index (χ1n) is 7.13. The second-order valence-corrected chi connectivity index (χ2v) is 5.37. The van der Waals surface area contributed by atoms with E-state index < -0.39 is 0 Å². The Labute approximate surface area is 122 Å². The molecule has 0 bridgehead atoms. The van der Waals surface area contributed by atoms with E-state index in [2.05, 4.69) is 4.98 Å². The molecule has 1 aromatic carbocycles. The average Bonchev–Trinajstić information content (AvgIpc) is 3.01. The second kappa shape index (κ2) is 5.60. The lowest BCUT2D eigenvalue weighted by molar-refractivity contribution is -0.146. The van der Waals surface area contributed by atoms with Gasteiger partial charge in [0.2, 0.25) is 0 Å². The highest BCUT2D eigenvalue weighted by molar-refractivity contribution is 5.98. The van der Waals surface area contributed by atoms with E-state index in [-0.39, 0.29) is 17.8 Å². The minimum atomic E-state index is -0.171. The number of fused-ring (bicyclic) bond motifs is 1. The maximum absolute atomic E-state index is 12.5. The highest BCUT2D eigenvalue weighted by atomic mass is 16.5. The van der Waals surface area contributed by atoms with E-state index in [9.17, 15) is 9.59 Å². The maximum Gasteiger partial charge on any atom is 0.308 e. The number of ether oxygens (including phenoxy) is 1. The molecule has 110 valence electrons. The fourth-order valence-electron chi connectivity index (χ4n) is 2.85. The molecule has 21 heavy (non-hydrogen) atoms. The lowest BCUT2D eigenvalue weighted by atomic mass is 9.96. The van der Waals surface area contributed by atoms with E-state index in [1.165, 1.54) is 7.11 Å². The van der Waals surface area contributed by atoms with Gasteiger partial charge in [-0.05, 0) is 36.4 Å². The zero-order valence-electron chi connectivity index (χ0n) is 12.0. The van der Waals surface area contributed by atoms with Gasteiger partial charge in [0.1, 0.15) is 0 Å². The predicted molar refractivity (Wildman–Crippen MR) is 78.9 cm³/mol. The van der Waals surface area contributed by atoms with Crippen LogP contribution in [-0.2, 0) is 9.53 Å². The molecule has 1 aliphatic heterocycles. The van der Waals surface area contributed by atoms with Crippen molar-refractivity contribution in [2.45, 2.75) is 12.8 Å². The van der Waals surface area contributed by atoms with Crippen LogP contribution in [0.15, 0.2) is 30.5 Å². The zero-order valence-corrected chi connectivity index (χ0v) is 12.0. The van der Waals surface area contributed by atoms with Crippen molar-refractivity contribution in [1.29, 1.82) is 0 Å². The number of H-pyrrole nitrogens is 1. The third-order valence-electron chi connectivity index (χ3n) is 4.12. The van der Waals surface area contributed by atoms with E-state index in [1.807, 2.05) is 35.4 Å². The first-order chi connectivity index (χ1) is 10.2. The van der Waals surface area contributed by atoms with Gasteiger partial charge in [-0.1, -0.05) is 6.07 Å². The van der Waals surface area contributed by atoms with Gasteiger partial charge >= 0.3 is 5.97 Å². The molecule has 0 atom stereocenters. The molecule has 0 unspecified atom stereocenters. The molecule has 1 saturated heterocycles. The van der Waals surface area contributed by atoms with Crippen molar-refractivity contribution < 1.29 is 14.3 Å². The summed E-state index contributed by atoms with van der Waals surface area (Å²) in [5.74, 6) is -0.227. The molecule has 0 spiro atoms. The van der Waals surface area contributed by atoms with E-state index in [0.717, 1.165) is 10.9 Å². The highest BCUT2D eigenvalue weighted by Gasteiger charge is 2.28. The molecule has 0 aliphatic carbocycles. The van der Waals surface area contributed by atoms with Gasteiger partial charge < -0.3 is 14.6 Å². The van der Waals surface area contributed by atoms with Crippen LogP contribution in [0.4, 0.5) is 0 Å². The van der Waals surface area contributed by atoms with Gasteiger partial charge in [0.05, 0.1) is 13.0 Å². The summed E-state index contributed by atoms with van der Waals surface area (Å²) in [6.45, 7) is 1.20. The van der Waals surface area contributed by atoms with Gasteiger partial charge in [0.25, 0.3) is 5.91 Å². The molecule has 1 amide bonds. The van der Waals surface area contributed by atoms with E-state index in [4.69, 9.17) is 4.74 Å². The Morgan fingerprint density at radius 3 is 2.71 bits per heavy atom. The van der Waals surface area contributed by atoms with Crippen LogP contribution in [0.25, 0.3) is 10.9 Å². The summed E-state index contributed by atoms with van der Waals surface area (Å²) >= 11 is 0. The number of esters is 1. The number of nitrogens with zero attached hydrogens (tertiary/aromatic N) is 1. The zero-order chi connectivity index (χ0) is 14.8. The summed E-state index contributed by atoms with van der Waals surface area (Å²) in [5.41, 5.74) is 1.65. The molecule has 2 aromatic rings. The van der Waals surface area contributed by atoms with Gasteiger partial charge in [0, 0.05) is 30.4 Å². The molecule has 3 rings (SSSR count). The first-order valence-corrected chi connectivity index (χ1v) is 7.13. The molecule has 1 aromatic heterocycles. The quantitative estimate of drug-likeness (QED) is 0.861. The monoisotopic (exact) mass is 286 g/mol. The SMILES string of the molecule is COC(=O)C1CCN(C(=O)c2ccc3cc[nH]c3c2)CC1. The van der Waals surface area contributed by atoms with Crippen LogP contribution >= 0.6 is 0 Å². The molecular weight excluding hydrogens is 268 g/mol. The number of hydrogen-bond acceptors (Lipinski definition) is 3. The molecule has 1 aliphatic rings. The van der Waals surface area contributed by atoms with Crippen molar-refractivity contribution >= 4 is 22.8 Å². The Balaban J connectivity index is 1.70. The maximum atomic E-state index is 12.5. The normalized spacial score (nSPS) is 16.1. The van der Waals surface area contributed by atoms with E-state index in [0.29, 0.717) is 31.5 Å². The van der Waals surface area contributed by atoms with Gasteiger partial charge in [-0.2, -0.15) is 0 Å². The number of likely N-dealkylation sites (tertiary alicyclic amines) is 1. The number of hydrogen-bond donors (Lipinski definition) is 1. The number of amides is 1. The Morgan fingerprint density at radius 2 is 2.00 bits per heavy atom. The van der Waals surface area contributed by atoms with E-state index >= 15 is 0 Å². The van der Waals surface area contributed by atoms with Gasteiger partial charge in [-0.25, -0.2) is 0 Å². The summed E-state index contributed by atoms with van der Waals surface area (Å²) in [6.07, 6.45) is 3.20.